The van der Waals surface area contributed by atoms with E-state index in [1.165, 1.54) is 25.9 Å². The van der Waals surface area contributed by atoms with Crippen LogP contribution in [0.25, 0.3) is 0 Å². The maximum Gasteiger partial charge on any atom is 0.138 e. The van der Waals surface area contributed by atoms with Crippen molar-refractivity contribution in [3.63, 3.8) is 0 Å². The Morgan fingerprint density at radius 2 is 2.11 bits per heavy atom. The third kappa shape index (κ3) is 2.84. The van der Waals surface area contributed by atoms with Crippen LogP contribution in [0.5, 0.6) is 0 Å². The van der Waals surface area contributed by atoms with Crippen LogP contribution in [-0.4, -0.2) is 13.1 Å². The van der Waals surface area contributed by atoms with Crippen LogP contribution in [0.4, 0.5) is 5.69 Å². The first kappa shape index (κ1) is 13.4. The molecule has 1 N–H and O–H groups in total. The van der Waals surface area contributed by atoms with Crippen LogP contribution in [-0.2, 0) is 6.42 Å². The van der Waals surface area contributed by atoms with Crippen molar-refractivity contribution < 1.29 is 4.90 Å². The van der Waals surface area contributed by atoms with E-state index in [0.717, 1.165) is 6.42 Å². The number of rotatable bonds is 5. The fraction of sp³-hybridized carbons (Fsp3) is 0.529. The third-order valence-electron chi connectivity index (χ3n) is 3.87. The normalized spacial score (nSPS) is 18.8. The van der Waals surface area contributed by atoms with Gasteiger partial charge < -0.3 is 4.90 Å². The van der Waals surface area contributed by atoms with Crippen molar-refractivity contribution in [1.29, 1.82) is 0 Å². The van der Waals surface area contributed by atoms with E-state index < -0.39 is 0 Å². The highest BCUT2D eigenvalue weighted by Gasteiger charge is 2.27. The summed E-state index contributed by atoms with van der Waals surface area (Å²) in [4.78, 5) is 1.69. The quantitative estimate of drug-likeness (QED) is 0.758. The van der Waals surface area contributed by atoms with Gasteiger partial charge in [-0.25, -0.2) is 0 Å². The first-order valence-electron chi connectivity index (χ1n) is 7.35. The number of nitrogens with one attached hydrogen (secondary N) is 1. The van der Waals surface area contributed by atoms with Gasteiger partial charge in [0.15, 0.2) is 0 Å². The number of benzene rings is 1. The maximum absolute atomic E-state index is 2.34. The van der Waals surface area contributed by atoms with Crippen molar-refractivity contribution in [2.45, 2.75) is 46.0 Å². The lowest BCUT2D eigenvalue weighted by Crippen LogP contribution is -3.06. The average Bonchev–Trinajstić information content (AvgIpc) is 2.77. The first-order valence-corrected chi connectivity index (χ1v) is 7.35. The van der Waals surface area contributed by atoms with E-state index in [1.54, 1.807) is 21.7 Å². The standard InChI is InChI=1S/C17H25N/c1-4-5-6-7-12-18-13-11-15-9-8-10-16(14(2)3)17(15)18/h5-6,8-10,14H,4,7,11-13H2,1-3H3/p+1/b6-5+. The van der Waals surface area contributed by atoms with Gasteiger partial charge in [-0.05, 0) is 12.3 Å². The van der Waals surface area contributed by atoms with E-state index in [2.05, 4.69) is 51.1 Å². The van der Waals surface area contributed by atoms with Gasteiger partial charge >= 0.3 is 0 Å². The largest absolute Gasteiger partial charge is 0.301 e. The van der Waals surface area contributed by atoms with Crippen molar-refractivity contribution in [1.82, 2.24) is 0 Å². The molecule has 0 saturated heterocycles. The summed E-state index contributed by atoms with van der Waals surface area (Å²) in [5.74, 6) is 0.638. The molecule has 1 nitrogen and oxygen atoms in total. The molecule has 1 heteroatoms. The Morgan fingerprint density at radius 3 is 2.83 bits per heavy atom. The van der Waals surface area contributed by atoms with Crippen LogP contribution >= 0.6 is 0 Å². The zero-order valence-corrected chi connectivity index (χ0v) is 12.0. The minimum absolute atomic E-state index is 0.638. The topological polar surface area (TPSA) is 4.44 Å². The Morgan fingerprint density at radius 1 is 1.28 bits per heavy atom. The average molecular weight is 244 g/mol. The highest BCUT2D eigenvalue weighted by Crippen LogP contribution is 2.27. The van der Waals surface area contributed by atoms with Gasteiger partial charge in [-0.15, -0.1) is 0 Å². The number of hydrogen-bond acceptors (Lipinski definition) is 0. The summed E-state index contributed by atoms with van der Waals surface area (Å²) in [5, 5.41) is 0. The van der Waals surface area contributed by atoms with Gasteiger partial charge in [-0.1, -0.05) is 51.1 Å². The number of quaternary nitrogens is 1. The van der Waals surface area contributed by atoms with Crippen molar-refractivity contribution in [2.75, 3.05) is 13.1 Å². The molecule has 0 spiro atoms. The molecule has 1 unspecified atom stereocenters. The van der Waals surface area contributed by atoms with Gasteiger partial charge in [0.25, 0.3) is 0 Å². The minimum atomic E-state index is 0.638. The molecule has 0 aromatic heterocycles. The summed E-state index contributed by atoms with van der Waals surface area (Å²) < 4.78 is 0. The number of fused-ring (bicyclic) bond motifs is 1. The van der Waals surface area contributed by atoms with Crippen molar-refractivity contribution >= 4 is 5.69 Å². The lowest BCUT2D eigenvalue weighted by molar-refractivity contribution is -0.825. The molecule has 1 aliphatic rings. The third-order valence-corrected chi connectivity index (χ3v) is 3.87. The predicted octanol–water partition coefficient (Wildman–Crippen LogP) is 3.24. The van der Waals surface area contributed by atoms with Gasteiger partial charge in [0.05, 0.1) is 13.1 Å². The van der Waals surface area contributed by atoms with Crippen LogP contribution in [0.15, 0.2) is 30.4 Å². The molecule has 0 fully saturated rings. The molecule has 1 aliphatic heterocycles. The van der Waals surface area contributed by atoms with Gasteiger partial charge in [-0.2, -0.15) is 0 Å². The first-order chi connectivity index (χ1) is 8.74. The van der Waals surface area contributed by atoms with Crippen LogP contribution in [0.1, 0.15) is 50.7 Å². The highest BCUT2D eigenvalue weighted by atomic mass is 15.1. The summed E-state index contributed by atoms with van der Waals surface area (Å²) >= 11 is 0. The van der Waals surface area contributed by atoms with E-state index in [9.17, 15) is 0 Å². The molecule has 1 atom stereocenters. The second-order valence-electron chi connectivity index (χ2n) is 5.56. The molecule has 0 saturated carbocycles. The molecule has 0 bridgehead atoms. The summed E-state index contributed by atoms with van der Waals surface area (Å²) in [6.07, 6.45) is 8.23. The molecule has 1 heterocycles. The lowest BCUT2D eigenvalue weighted by Gasteiger charge is -2.17. The molecule has 98 valence electrons. The van der Waals surface area contributed by atoms with Crippen LogP contribution < -0.4 is 4.90 Å². The molecular formula is C17H26N+. The molecule has 0 aliphatic carbocycles. The van der Waals surface area contributed by atoms with Gasteiger partial charge in [0.2, 0.25) is 0 Å². The van der Waals surface area contributed by atoms with E-state index in [-0.39, 0.29) is 0 Å². The Bertz CT molecular complexity index is 418. The van der Waals surface area contributed by atoms with Crippen LogP contribution in [0.2, 0.25) is 0 Å². The van der Waals surface area contributed by atoms with Gasteiger partial charge in [0, 0.05) is 24.0 Å². The zero-order chi connectivity index (χ0) is 13.0. The van der Waals surface area contributed by atoms with Crippen LogP contribution in [0.3, 0.4) is 0 Å². The Labute approximate surface area is 112 Å². The zero-order valence-electron chi connectivity index (χ0n) is 12.0. The lowest BCUT2D eigenvalue weighted by atomic mass is 9.98. The molecule has 18 heavy (non-hydrogen) atoms. The molecule has 1 aromatic rings. The fourth-order valence-electron chi connectivity index (χ4n) is 2.94. The fourth-order valence-corrected chi connectivity index (χ4v) is 2.94. The second kappa shape index (κ2) is 6.19. The minimum Gasteiger partial charge on any atom is -0.301 e. The second-order valence-corrected chi connectivity index (χ2v) is 5.56. The summed E-state index contributed by atoms with van der Waals surface area (Å²) in [7, 11) is 0. The number of hydrogen-bond donors (Lipinski definition) is 1. The van der Waals surface area contributed by atoms with Crippen molar-refractivity contribution in [3.8, 4) is 0 Å². The highest BCUT2D eigenvalue weighted by molar-refractivity contribution is 5.50. The van der Waals surface area contributed by atoms with E-state index in [4.69, 9.17) is 0 Å². The van der Waals surface area contributed by atoms with E-state index >= 15 is 0 Å². The smallest absolute Gasteiger partial charge is 0.138 e. The van der Waals surface area contributed by atoms with E-state index in [0.29, 0.717) is 5.92 Å². The Kier molecular flexibility index (Phi) is 4.60. The number of allylic oxidation sites excluding steroid dienone is 1. The monoisotopic (exact) mass is 244 g/mol. The molecule has 2 rings (SSSR count). The molecule has 0 amide bonds. The number of para-hydroxylation sites is 1. The van der Waals surface area contributed by atoms with Crippen LogP contribution in [0, 0.1) is 0 Å². The Balaban J connectivity index is 2.13. The molecule has 1 aromatic carbocycles. The molecule has 0 radical (unpaired) electrons. The maximum atomic E-state index is 2.34. The summed E-state index contributed by atoms with van der Waals surface area (Å²) in [6, 6.07) is 6.86. The predicted molar refractivity (Wildman–Crippen MR) is 78.6 cm³/mol. The summed E-state index contributed by atoms with van der Waals surface area (Å²) in [5.41, 5.74) is 4.74. The molecular weight excluding hydrogens is 218 g/mol. The van der Waals surface area contributed by atoms with Crippen molar-refractivity contribution in [2.24, 2.45) is 0 Å². The Hall–Kier alpha value is -1.08. The van der Waals surface area contributed by atoms with Gasteiger partial charge in [0.1, 0.15) is 5.69 Å². The SMILES string of the molecule is CC/C=C/CC[NH+]1CCc2cccc(C(C)C)c21. The van der Waals surface area contributed by atoms with Crippen molar-refractivity contribution in [3.05, 3.63) is 41.5 Å². The van der Waals surface area contributed by atoms with Gasteiger partial charge in [-0.3, -0.25) is 0 Å². The van der Waals surface area contributed by atoms with E-state index in [1.807, 2.05) is 0 Å². The summed E-state index contributed by atoms with van der Waals surface area (Å²) in [6.45, 7) is 9.34.